The van der Waals surface area contributed by atoms with E-state index in [9.17, 15) is 8.42 Å². The summed E-state index contributed by atoms with van der Waals surface area (Å²) >= 11 is 0. The number of nitrogens with one attached hydrogen (secondary N) is 1. The molecule has 1 heterocycles. The van der Waals surface area contributed by atoms with E-state index in [1.54, 1.807) is 7.05 Å². The van der Waals surface area contributed by atoms with Crippen LogP contribution in [0.1, 0.15) is 30.9 Å². The molecule has 0 amide bonds. The molecule has 0 atom stereocenters. The van der Waals surface area contributed by atoms with E-state index in [1.807, 2.05) is 24.3 Å². The van der Waals surface area contributed by atoms with Gasteiger partial charge < -0.3 is 4.98 Å². The minimum absolute atomic E-state index is 0.110. The van der Waals surface area contributed by atoms with Gasteiger partial charge in [-0.3, -0.25) is 0 Å². The summed E-state index contributed by atoms with van der Waals surface area (Å²) in [7, 11) is -1.94. The fourth-order valence-electron chi connectivity index (χ4n) is 1.90. The number of aromatic nitrogens is 2. The van der Waals surface area contributed by atoms with E-state index in [0.717, 1.165) is 5.56 Å². The number of H-pyrrole nitrogens is 1. The number of hydrogen-bond acceptors (Lipinski definition) is 3. The van der Waals surface area contributed by atoms with Gasteiger partial charge in [-0.25, -0.2) is 13.4 Å². The van der Waals surface area contributed by atoms with Gasteiger partial charge in [-0.05, 0) is 17.0 Å². The van der Waals surface area contributed by atoms with Crippen LogP contribution in [0.3, 0.4) is 0 Å². The molecular formula is C14H19N3O2S. The highest BCUT2D eigenvalue weighted by atomic mass is 32.2. The van der Waals surface area contributed by atoms with Crippen LogP contribution in [0.15, 0.2) is 41.8 Å². The van der Waals surface area contributed by atoms with Gasteiger partial charge in [0.1, 0.15) is 0 Å². The molecule has 0 spiro atoms. The molecule has 2 aromatic rings. The molecule has 6 heteroatoms. The van der Waals surface area contributed by atoms with Gasteiger partial charge in [-0.2, -0.15) is 4.31 Å². The second-order valence-corrected chi connectivity index (χ2v) is 7.09. The van der Waals surface area contributed by atoms with Gasteiger partial charge >= 0.3 is 0 Å². The third-order valence-corrected chi connectivity index (χ3v) is 4.94. The van der Waals surface area contributed by atoms with Crippen molar-refractivity contribution in [1.29, 1.82) is 0 Å². The second-order valence-electron chi connectivity index (χ2n) is 5.07. The molecule has 1 aromatic carbocycles. The molecule has 1 aromatic heterocycles. The molecule has 0 aliphatic rings. The quantitative estimate of drug-likeness (QED) is 0.920. The fraction of sp³-hybridized carbons (Fsp3) is 0.357. The van der Waals surface area contributed by atoms with Gasteiger partial charge in [0.25, 0.3) is 10.0 Å². The highest BCUT2D eigenvalue weighted by molar-refractivity contribution is 7.89. The minimum atomic E-state index is -3.51. The number of rotatable bonds is 5. The van der Waals surface area contributed by atoms with Crippen molar-refractivity contribution in [1.82, 2.24) is 14.3 Å². The zero-order valence-electron chi connectivity index (χ0n) is 11.9. The number of imidazole rings is 1. The Kier molecular flexibility index (Phi) is 4.25. The SMILES string of the molecule is CC(C)c1ccc(CN(C)S(=O)(=O)c2cnc[nH]2)cc1. The second kappa shape index (κ2) is 5.76. The lowest BCUT2D eigenvalue weighted by atomic mass is 10.0. The molecule has 108 valence electrons. The maximum absolute atomic E-state index is 12.2. The predicted molar refractivity (Wildman–Crippen MR) is 77.8 cm³/mol. The molecular weight excluding hydrogens is 274 g/mol. The number of hydrogen-bond donors (Lipinski definition) is 1. The number of nitrogens with zero attached hydrogens (tertiary/aromatic N) is 2. The molecule has 20 heavy (non-hydrogen) atoms. The average molecular weight is 293 g/mol. The van der Waals surface area contributed by atoms with E-state index in [0.29, 0.717) is 12.5 Å². The van der Waals surface area contributed by atoms with Gasteiger partial charge in [-0.15, -0.1) is 0 Å². The summed E-state index contributed by atoms with van der Waals surface area (Å²) in [6.45, 7) is 4.59. The summed E-state index contributed by atoms with van der Waals surface area (Å²) in [5, 5.41) is 0.110. The largest absolute Gasteiger partial charge is 0.335 e. The molecule has 0 bridgehead atoms. The zero-order chi connectivity index (χ0) is 14.8. The first-order valence-corrected chi connectivity index (χ1v) is 7.89. The van der Waals surface area contributed by atoms with E-state index in [1.165, 1.54) is 22.4 Å². The summed E-state index contributed by atoms with van der Waals surface area (Å²) in [4.78, 5) is 6.37. The highest BCUT2D eigenvalue weighted by Gasteiger charge is 2.22. The Bertz CT molecular complexity index is 646. The summed E-state index contributed by atoms with van der Waals surface area (Å²) in [5.74, 6) is 0.468. The van der Waals surface area contributed by atoms with Crippen molar-refractivity contribution < 1.29 is 8.42 Å². The van der Waals surface area contributed by atoms with Crippen LogP contribution >= 0.6 is 0 Å². The first kappa shape index (κ1) is 14.7. The Morgan fingerprint density at radius 1 is 1.25 bits per heavy atom. The summed E-state index contributed by atoms with van der Waals surface area (Å²) < 4.78 is 25.8. The number of benzene rings is 1. The topological polar surface area (TPSA) is 66.1 Å². The molecule has 5 nitrogen and oxygen atoms in total. The van der Waals surface area contributed by atoms with E-state index < -0.39 is 10.0 Å². The van der Waals surface area contributed by atoms with Crippen molar-refractivity contribution in [3.8, 4) is 0 Å². The molecule has 0 aliphatic carbocycles. The predicted octanol–water partition coefficient (Wildman–Crippen LogP) is 2.35. The van der Waals surface area contributed by atoms with Crippen LogP contribution in [0.25, 0.3) is 0 Å². The van der Waals surface area contributed by atoms with Crippen molar-refractivity contribution in [2.24, 2.45) is 0 Å². The highest BCUT2D eigenvalue weighted by Crippen LogP contribution is 2.17. The Hall–Kier alpha value is -1.66. The van der Waals surface area contributed by atoms with Crippen LogP contribution in [0.5, 0.6) is 0 Å². The van der Waals surface area contributed by atoms with E-state index >= 15 is 0 Å². The maximum atomic E-state index is 12.2. The monoisotopic (exact) mass is 293 g/mol. The Morgan fingerprint density at radius 2 is 1.90 bits per heavy atom. The third kappa shape index (κ3) is 3.08. The Labute approximate surface area is 119 Å². The fourth-order valence-corrected chi connectivity index (χ4v) is 2.95. The van der Waals surface area contributed by atoms with Crippen molar-refractivity contribution >= 4 is 10.0 Å². The van der Waals surface area contributed by atoms with Gasteiger partial charge in [0.2, 0.25) is 0 Å². The first-order chi connectivity index (χ1) is 9.41. The van der Waals surface area contributed by atoms with Crippen molar-refractivity contribution in [3.63, 3.8) is 0 Å². The molecule has 0 saturated heterocycles. The lowest BCUT2D eigenvalue weighted by Crippen LogP contribution is -2.26. The lowest BCUT2D eigenvalue weighted by Gasteiger charge is -2.16. The lowest BCUT2D eigenvalue weighted by molar-refractivity contribution is 0.464. The number of sulfonamides is 1. The van der Waals surface area contributed by atoms with Gasteiger partial charge in [0.15, 0.2) is 5.03 Å². The Morgan fingerprint density at radius 3 is 2.40 bits per heavy atom. The van der Waals surface area contributed by atoms with Gasteiger partial charge in [0.05, 0.1) is 12.5 Å². The number of aromatic amines is 1. The first-order valence-electron chi connectivity index (χ1n) is 6.45. The van der Waals surface area contributed by atoms with Crippen LogP contribution in [-0.4, -0.2) is 29.7 Å². The molecule has 0 radical (unpaired) electrons. The van der Waals surface area contributed by atoms with Crippen LogP contribution < -0.4 is 0 Å². The molecule has 2 rings (SSSR count). The molecule has 0 aliphatic heterocycles. The van der Waals surface area contributed by atoms with Crippen molar-refractivity contribution in [3.05, 3.63) is 47.9 Å². The van der Waals surface area contributed by atoms with Gasteiger partial charge in [0, 0.05) is 13.6 Å². The van der Waals surface area contributed by atoms with Crippen LogP contribution in [0.4, 0.5) is 0 Å². The third-order valence-electron chi connectivity index (χ3n) is 3.21. The zero-order valence-corrected chi connectivity index (χ0v) is 12.7. The average Bonchev–Trinajstić information content (AvgIpc) is 2.93. The molecule has 0 fully saturated rings. The normalized spacial score (nSPS) is 12.2. The van der Waals surface area contributed by atoms with Gasteiger partial charge in [-0.1, -0.05) is 38.1 Å². The van der Waals surface area contributed by atoms with E-state index in [-0.39, 0.29) is 5.03 Å². The summed E-state index contributed by atoms with van der Waals surface area (Å²) in [5.41, 5.74) is 2.20. The van der Waals surface area contributed by atoms with Crippen LogP contribution in [-0.2, 0) is 16.6 Å². The van der Waals surface area contributed by atoms with E-state index in [4.69, 9.17) is 0 Å². The summed E-state index contributed by atoms with van der Waals surface area (Å²) in [6.07, 6.45) is 2.67. The minimum Gasteiger partial charge on any atom is -0.335 e. The van der Waals surface area contributed by atoms with Crippen molar-refractivity contribution in [2.45, 2.75) is 31.3 Å². The standard InChI is InChI=1S/C14H19N3O2S/c1-11(2)13-6-4-12(5-7-13)9-17(3)20(18,19)14-8-15-10-16-14/h4-8,10-11H,9H2,1-3H3,(H,15,16). The van der Waals surface area contributed by atoms with Crippen molar-refractivity contribution in [2.75, 3.05) is 7.05 Å². The molecule has 0 unspecified atom stereocenters. The van der Waals surface area contributed by atoms with E-state index in [2.05, 4.69) is 23.8 Å². The summed E-state index contributed by atoms with van der Waals surface area (Å²) in [6, 6.07) is 8.01. The molecule has 0 saturated carbocycles. The Balaban J connectivity index is 2.14. The van der Waals surface area contributed by atoms with Crippen LogP contribution in [0.2, 0.25) is 0 Å². The van der Waals surface area contributed by atoms with Crippen LogP contribution in [0, 0.1) is 0 Å². The smallest absolute Gasteiger partial charge is 0.260 e. The molecule has 1 N–H and O–H groups in total. The maximum Gasteiger partial charge on any atom is 0.260 e.